The predicted octanol–water partition coefficient (Wildman–Crippen LogP) is 2.07. The van der Waals surface area contributed by atoms with Crippen LogP contribution in [0.15, 0.2) is 29.1 Å². The van der Waals surface area contributed by atoms with Crippen molar-refractivity contribution in [1.29, 1.82) is 0 Å². The van der Waals surface area contributed by atoms with Crippen LogP contribution in [0, 0.1) is 6.92 Å². The van der Waals surface area contributed by atoms with E-state index in [4.69, 9.17) is 4.74 Å². The van der Waals surface area contributed by atoms with Crippen molar-refractivity contribution in [2.75, 3.05) is 7.11 Å². The van der Waals surface area contributed by atoms with Crippen molar-refractivity contribution in [3.8, 4) is 5.75 Å². The lowest BCUT2D eigenvalue weighted by Crippen LogP contribution is -2.33. The van der Waals surface area contributed by atoms with Crippen LogP contribution in [-0.2, 0) is 20.0 Å². The van der Waals surface area contributed by atoms with Gasteiger partial charge >= 0.3 is 0 Å². The van der Waals surface area contributed by atoms with Gasteiger partial charge < -0.3 is 19.6 Å². The molecule has 3 rings (SSSR count). The largest absolute Gasteiger partial charge is 0.497 e. The minimum atomic E-state index is -0.408. The number of aromatic nitrogens is 3. The molecular formula is C19H22N4O3. The molecule has 0 radical (unpaired) electrons. The van der Waals surface area contributed by atoms with Crippen LogP contribution >= 0.6 is 0 Å². The number of carbonyl (C=O) groups is 1. The number of nitrogens with one attached hydrogen (secondary N) is 2. The normalized spacial score (nSPS) is 10.9. The number of aromatic amines is 1. The number of imidazole rings is 1. The van der Waals surface area contributed by atoms with Crippen LogP contribution in [0.3, 0.4) is 0 Å². The molecule has 7 nitrogen and oxygen atoms in total. The third-order valence-corrected chi connectivity index (χ3v) is 4.49. The molecule has 136 valence electrons. The summed E-state index contributed by atoms with van der Waals surface area (Å²) < 4.78 is 6.73. The van der Waals surface area contributed by atoms with Gasteiger partial charge in [0.15, 0.2) is 0 Å². The molecule has 0 atom stereocenters. The summed E-state index contributed by atoms with van der Waals surface area (Å²) in [5.41, 5.74) is 3.31. The summed E-state index contributed by atoms with van der Waals surface area (Å²) >= 11 is 0. The monoisotopic (exact) mass is 354 g/mol. The van der Waals surface area contributed by atoms with Crippen LogP contribution in [0.1, 0.15) is 34.4 Å². The van der Waals surface area contributed by atoms with Gasteiger partial charge in [0, 0.05) is 18.8 Å². The topological polar surface area (TPSA) is 89.0 Å². The van der Waals surface area contributed by atoms with Gasteiger partial charge in [-0.25, -0.2) is 4.98 Å². The maximum Gasteiger partial charge on any atom is 0.263 e. The van der Waals surface area contributed by atoms with Crippen LogP contribution < -0.4 is 15.6 Å². The first-order chi connectivity index (χ1) is 12.4. The highest BCUT2D eigenvalue weighted by molar-refractivity contribution is 5.94. The van der Waals surface area contributed by atoms with Crippen LogP contribution in [0.4, 0.5) is 0 Å². The van der Waals surface area contributed by atoms with E-state index in [0.717, 1.165) is 34.5 Å². The zero-order valence-corrected chi connectivity index (χ0v) is 15.3. The zero-order valence-electron chi connectivity index (χ0n) is 15.3. The van der Waals surface area contributed by atoms with Gasteiger partial charge in [-0.05, 0) is 37.1 Å². The Morgan fingerprint density at radius 1 is 1.35 bits per heavy atom. The third-order valence-electron chi connectivity index (χ3n) is 4.49. The molecule has 2 N–H and O–H groups in total. The Bertz CT molecular complexity index is 1030. The first-order valence-electron chi connectivity index (χ1n) is 8.45. The number of hydrogen-bond acceptors (Lipinski definition) is 4. The summed E-state index contributed by atoms with van der Waals surface area (Å²) in [5.74, 6) is 0.932. The van der Waals surface area contributed by atoms with Gasteiger partial charge in [-0.1, -0.05) is 6.92 Å². The van der Waals surface area contributed by atoms with Crippen molar-refractivity contribution >= 4 is 16.9 Å². The highest BCUT2D eigenvalue weighted by atomic mass is 16.5. The van der Waals surface area contributed by atoms with Gasteiger partial charge in [-0.3, -0.25) is 9.59 Å². The fourth-order valence-corrected chi connectivity index (χ4v) is 3.12. The first-order valence-corrected chi connectivity index (χ1v) is 8.45. The molecule has 0 saturated carbocycles. The van der Waals surface area contributed by atoms with Gasteiger partial charge in [-0.15, -0.1) is 0 Å². The van der Waals surface area contributed by atoms with Crippen LogP contribution in [0.25, 0.3) is 11.0 Å². The molecular weight excluding hydrogens is 332 g/mol. The molecule has 0 saturated heterocycles. The van der Waals surface area contributed by atoms with Crippen molar-refractivity contribution in [2.24, 2.45) is 7.05 Å². The Labute approximate surface area is 151 Å². The van der Waals surface area contributed by atoms with Crippen molar-refractivity contribution in [1.82, 2.24) is 19.9 Å². The Morgan fingerprint density at radius 2 is 2.12 bits per heavy atom. The van der Waals surface area contributed by atoms with Crippen molar-refractivity contribution in [2.45, 2.75) is 26.8 Å². The summed E-state index contributed by atoms with van der Waals surface area (Å²) in [4.78, 5) is 32.5. The molecule has 0 fully saturated rings. The highest BCUT2D eigenvalue weighted by Crippen LogP contribution is 2.18. The number of H-pyrrole nitrogens is 1. The van der Waals surface area contributed by atoms with E-state index in [0.29, 0.717) is 5.82 Å². The SMILES string of the molecule is CCc1c(C)cc(C(=O)NCc2nc3ccc(OC)cc3[nH]2)c(=O)n1C. The summed E-state index contributed by atoms with van der Waals surface area (Å²) in [6.07, 6.45) is 0.738. The highest BCUT2D eigenvalue weighted by Gasteiger charge is 2.15. The minimum absolute atomic E-state index is 0.139. The summed E-state index contributed by atoms with van der Waals surface area (Å²) in [6.45, 7) is 4.09. The molecule has 1 amide bonds. The molecule has 0 spiro atoms. The lowest BCUT2D eigenvalue weighted by atomic mass is 10.1. The Kier molecular flexibility index (Phi) is 4.79. The number of pyridine rings is 1. The van der Waals surface area contributed by atoms with Gasteiger partial charge in [0.25, 0.3) is 11.5 Å². The number of benzene rings is 1. The molecule has 0 aliphatic carbocycles. The Morgan fingerprint density at radius 3 is 2.81 bits per heavy atom. The lowest BCUT2D eigenvalue weighted by Gasteiger charge is -2.12. The van der Waals surface area contributed by atoms with Crippen molar-refractivity contribution < 1.29 is 9.53 Å². The summed E-state index contributed by atoms with van der Waals surface area (Å²) in [7, 11) is 3.29. The number of hydrogen-bond donors (Lipinski definition) is 2. The molecule has 0 aliphatic heterocycles. The van der Waals surface area contributed by atoms with E-state index in [9.17, 15) is 9.59 Å². The van der Waals surface area contributed by atoms with E-state index in [-0.39, 0.29) is 17.7 Å². The van der Waals surface area contributed by atoms with E-state index >= 15 is 0 Å². The van der Waals surface area contributed by atoms with E-state index in [1.807, 2.05) is 32.0 Å². The van der Waals surface area contributed by atoms with E-state index in [2.05, 4.69) is 15.3 Å². The number of rotatable bonds is 5. The first kappa shape index (κ1) is 17.7. The molecule has 0 bridgehead atoms. The predicted molar refractivity (Wildman–Crippen MR) is 99.6 cm³/mol. The standard InChI is InChI=1S/C19H22N4O3/c1-5-16-11(2)8-13(19(25)23(16)3)18(24)20-10-17-21-14-7-6-12(26-4)9-15(14)22-17/h6-9H,5,10H2,1-4H3,(H,20,24)(H,21,22). The van der Waals surface area contributed by atoms with Crippen molar-refractivity contribution in [3.05, 3.63) is 57.3 Å². The lowest BCUT2D eigenvalue weighted by molar-refractivity contribution is 0.0947. The Hall–Kier alpha value is -3.09. The summed E-state index contributed by atoms with van der Waals surface area (Å²) in [5, 5.41) is 2.76. The molecule has 26 heavy (non-hydrogen) atoms. The minimum Gasteiger partial charge on any atom is -0.497 e. The van der Waals surface area contributed by atoms with Gasteiger partial charge in [0.2, 0.25) is 0 Å². The van der Waals surface area contributed by atoms with Gasteiger partial charge in [0.05, 0.1) is 24.7 Å². The second-order valence-electron chi connectivity index (χ2n) is 6.15. The number of carbonyl (C=O) groups excluding carboxylic acids is 1. The fraction of sp³-hybridized carbons (Fsp3) is 0.316. The second-order valence-corrected chi connectivity index (χ2v) is 6.15. The number of nitrogens with zero attached hydrogens (tertiary/aromatic N) is 2. The zero-order chi connectivity index (χ0) is 18.8. The van der Waals surface area contributed by atoms with Gasteiger partial charge in [0.1, 0.15) is 17.1 Å². The van der Waals surface area contributed by atoms with Crippen molar-refractivity contribution in [3.63, 3.8) is 0 Å². The fourth-order valence-electron chi connectivity index (χ4n) is 3.12. The number of methoxy groups -OCH3 is 1. The Balaban J connectivity index is 1.80. The average Bonchev–Trinajstić information content (AvgIpc) is 3.05. The number of aryl methyl sites for hydroxylation is 1. The molecule has 2 heterocycles. The third kappa shape index (κ3) is 3.20. The molecule has 3 aromatic rings. The molecule has 0 aliphatic rings. The summed E-state index contributed by atoms with van der Waals surface area (Å²) in [6, 6.07) is 7.17. The van der Waals surface area contributed by atoms with Crippen LogP contribution in [-0.4, -0.2) is 27.6 Å². The average molecular weight is 354 g/mol. The smallest absolute Gasteiger partial charge is 0.263 e. The molecule has 1 aromatic carbocycles. The maximum absolute atomic E-state index is 12.5. The number of amides is 1. The van der Waals surface area contributed by atoms with Gasteiger partial charge in [-0.2, -0.15) is 0 Å². The number of ether oxygens (including phenoxy) is 1. The molecule has 0 unspecified atom stereocenters. The number of fused-ring (bicyclic) bond motifs is 1. The molecule has 7 heteroatoms. The quantitative estimate of drug-likeness (QED) is 0.734. The van der Waals surface area contributed by atoms with Crippen LogP contribution in [0.5, 0.6) is 5.75 Å². The van der Waals surface area contributed by atoms with Crippen LogP contribution in [0.2, 0.25) is 0 Å². The maximum atomic E-state index is 12.5. The van der Waals surface area contributed by atoms with E-state index < -0.39 is 5.91 Å². The molecule has 2 aromatic heterocycles. The second kappa shape index (κ2) is 7.03. The van der Waals surface area contributed by atoms with E-state index in [1.165, 1.54) is 4.57 Å². The van der Waals surface area contributed by atoms with E-state index in [1.54, 1.807) is 20.2 Å².